The summed E-state index contributed by atoms with van der Waals surface area (Å²) < 4.78 is 0. The van der Waals surface area contributed by atoms with E-state index in [9.17, 15) is 9.90 Å². The third kappa shape index (κ3) is 0.990. The lowest BCUT2D eigenvalue weighted by Crippen LogP contribution is -2.22. The Bertz CT molecular complexity index is 412. The van der Waals surface area contributed by atoms with Gasteiger partial charge in [0.25, 0.3) is 5.91 Å². The van der Waals surface area contributed by atoms with Gasteiger partial charge in [-0.25, -0.2) is 0 Å². The van der Waals surface area contributed by atoms with E-state index in [1.807, 2.05) is 26.0 Å². The highest BCUT2D eigenvalue weighted by atomic mass is 16.3. The predicted octanol–water partition coefficient (Wildman–Crippen LogP) is 1.38. The Balaban J connectivity index is 2.74. The minimum absolute atomic E-state index is 0.0892. The molecule has 1 aliphatic heterocycles. The summed E-state index contributed by atoms with van der Waals surface area (Å²) in [7, 11) is 1.62. The Morgan fingerprint density at radius 2 is 1.86 bits per heavy atom. The Morgan fingerprint density at radius 3 is 2.43 bits per heavy atom. The number of aliphatic hydroxyl groups excluding tert-OH is 1. The van der Waals surface area contributed by atoms with E-state index in [-0.39, 0.29) is 5.91 Å². The van der Waals surface area contributed by atoms with Crippen molar-refractivity contribution in [1.29, 1.82) is 0 Å². The molecular formula is C11H13NO2. The van der Waals surface area contributed by atoms with Crippen LogP contribution in [0.15, 0.2) is 12.1 Å². The van der Waals surface area contributed by atoms with Crippen LogP contribution < -0.4 is 0 Å². The van der Waals surface area contributed by atoms with Gasteiger partial charge in [-0.2, -0.15) is 0 Å². The van der Waals surface area contributed by atoms with Gasteiger partial charge in [0.15, 0.2) is 6.23 Å². The zero-order chi connectivity index (χ0) is 10.5. The molecule has 1 aliphatic rings. The second kappa shape index (κ2) is 2.82. The maximum absolute atomic E-state index is 11.7. The molecule has 0 aromatic heterocycles. The highest BCUT2D eigenvalue weighted by molar-refractivity contribution is 6.00. The van der Waals surface area contributed by atoms with Crippen LogP contribution in [-0.4, -0.2) is 23.0 Å². The summed E-state index contributed by atoms with van der Waals surface area (Å²) in [6.45, 7) is 3.80. The molecule has 3 nitrogen and oxygen atoms in total. The lowest BCUT2D eigenvalue weighted by atomic mass is 9.99. The first-order valence-electron chi connectivity index (χ1n) is 4.59. The van der Waals surface area contributed by atoms with E-state index in [0.29, 0.717) is 5.56 Å². The van der Waals surface area contributed by atoms with Crippen molar-refractivity contribution in [3.63, 3.8) is 0 Å². The molecule has 1 atom stereocenters. The lowest BCUT2D eigenvalue weighted by Gasteiger charge is -2.14. The molecule has 3 heteroatoms. The first-order chi connectivity index (χ1) is 6.54. The van der Waals surface area contributed by atoms with Gasteiger partial charge in [-0.1, -0.05) is 12.1 Å². The molecule has 1 aromatic rings. The zero-order valence-corrected chi connectivity index (χ0v) is 8.53. The highest BCUT2D eigenvalue weighted by Gasteiger charge is 2.34. The van der Waals surface area contributed by atoms with Crippen LogP contribution in [0.2, 0.25) is 0 Å². The van der Waals surface area contributed by atoms with E-state index >= 15 is 0 Å². The molecule has 0 saturated heterocycles. The standard InChI is InChI=1S/C11H13NO2/c1-6-4-5-7(2)9-8(6)10(13)12(3)11(9)14/h4-5,10,13H,1-3H3. The Labute approximate surface area is 83.0 Å². The maximum atomic E-state index is 11.7. The summed E-state index contributed by atoms with van der Waals surface area (Å²) in [5, 5.41) is 9.83. The van der Waals surface area contributed by atoms with Crippen LogP contribution in [0, 0.1) is 13.8 Å². The number of nitrogens with zero attached hydrogens (tertiary/aromatic N) is 1. The SMILES string of the molecule is Cc1ccc(C)c2c1C(=O)N(C)C2O. The Morgan fingerprint density at radius 1 is 1.29 bits per heavy atom. The molecule has 1 heterocycles. The smallest absolute Gasteiger partial charge is 0.256 e. The maximum Gasteiger partial charge on any atom is 0.256 e. The van der Waals surface area contributed by atoms with E-state index in [1.165, 1.54) is 4.90 Å². The molecule has 14 heavy (non-hydrogen) atoms. The molecule has 0 spiro atoms. The van der Waals surface area contributed by atoms with E-state index in [0.717, 1.165) is 16.7 Å². The lowest BCUT2D eigenvalue weighted by molar-refractivity contribution is 0.0299. The van der Waals surface area contributed by atoms with Crippen LogP contribution in [0.4, 0.5) is 0 Å². The van der Waals surface area contributed by atoms with Gasteiger partial charge in [0.05, 0.1) is 5.56 Å². The molecule has 0 aliphatic carbocycles. The largest absolute Gasteiger partial charge is 0.369 e. The zero-order valence-electron chi connectivity index (χ0n) is 8.53. The molecule has 1 unspecified atom stereocenters. The molecule has 1 amide bonds. The average Bonchev–Trinajstić information content (AvgIpc) is 2.38. The number of hydrogen-bond acceptors (Lipinski definition) is 2. The number of benzene rings is 1. The molecule has 0 bridgehead atoms. The van der Waals surface area contributed by atoms with Gasteiger partial charge in [-0.05, 0) is 25.0 Å². The van der Waals surface area contributed by atoms with Gasteiger partial charge in [0.1, 0.15) is 0 Å². The van der Waals surface area contributed by atoms with Gasteiger partial charge in [0, 0.05) is 12.6 Å². The molecule has 1 N–H and O–H groups in total. The third-order valence-electron chi connectivity index (χ3n) is 2.83. The van der Waals surface area contributed by atoms with Crippen LogP contribution >= 0.6 is 0 Å². The van der Waals surface area contributed by atoms with Gasteiger partial charge in [-0.15, -0.1) is 0 Å². The van der Waals surface area contributed by atoms with Crippen LogP contribution in [0.5, 0.6) is 0 Å². The number of aryl methyl sites for hydroxylation is 2. The predicted molar refractivity (Wildman–Crippen MR) is 53.0 cm³/mol. The molecule has 74 valence electrons. The number of carbonyl (C=O) groups excluding carboxylic acids is 1. The summed E-state index contributed by atoms with van der Waals surface area (Å²) in [6, 6.07) is 3.85. The summed E-state index contributed by atoms with van der Waals surface area (Å²) in [5.41, 5.74) is 3.33. The minimum Gasteiger partial charge on any atom is -0.369 e. The van der Waals surface area contributed by atoms with Crippen LogP contribution in [-0.2, 0) is 0 Å². The van der Waals surface area contributed by atoms with Crippen molar-refractivity contribution in [3.05, 3.63) is 34.4 Å². The minimum atomic E-state index is -0.780. The first kappa shape index (κ1) is 9.21. The van der Waals surface area contributed by atoms with Gasteiger partial charge < -0.3 is 10.0 Å². The normalized spacial score (nSPS) is 20.1. The number of carbonyl (C=O) groups is 1. The van der Waals surface area contributed by atoms with E-state index < -0.39 is 6.23 Å². The first-order valence-corrected chi connectivity index (χ1v) is 4.59. The fourth-order valence-electron chi connectivity index (χ4n) is 1.93. The fourth-order valence-corrected chi connectivity index (χ4v) is 1.93. The summed E-state index contributed by atoms with van der Waals surface area (Å²) in [4.78, 5) is 13.1. The number of hydrogen-bond donors (Lipinski definition) is 1. The van der Waals surface area contributed by atoms with E-state index in [4.69, 9.17) is 0 Å². The average molecular weight is 191 g/mol. The van der Waals surface area contributed by atoms with Crippen LogP contribution in [0.1, 0.15) is 33.3 Å². The molecule has 0 fully saturated rings. The number of aliphatic hydroxyl groups is 1. The molecule has 1 aromatic carbocycles. The van der Waals surface area contributed by atoms with Crippen molar-refractivity contribution in [2.45, 2.75) is 20.1 Å². The Hall–Kier alpha value is -1.35. The second-order valence-corrected chi connectivity index (χ2v) is 3.78. The second-order valence-electron chi connectivity index (χ2n) is 3.78. The summed E-state index contributed by atoms with van der Waals surface area (Å²) in [5.74, 6) is -0.0892. The van der Waals surface area contributed by atoms with Crippen molar-refractivity contribution in [1.82, 2.24) is 4.90 Å². The van der Waals surface area contributed by atoms with Gasteiger partial charge >= 0.3 is 0 Å². The molecular weight excluding hydrogens is 178 g/mol. The number of fused-ring (bicyclic) bond motifs is 1. The van der Waals surface area contributed by atoms with E-state index in [1.54, 1.807) is 7.05 Å². The number of rotatable bonds is 0. The molecule has 2 rings (SSSR count). The van der Waals surface area contributed by atoms with Gasteiger partial charge in [0.2, 0.25) is 0 Å². The molecule has 0 radical (unpaired) electrons. The highest BCUT2D eigenvalue weighted by Crippen LogP contribution is 2.34. The Kier molecular flexibility index (Phi) is 1.86. The number of amides is 1. The monoisotopic (exact) mass is 191 g/mol. The van der Waals surface area contributed by atoms with Crippen LogP contribution in [0.25, 0.3) is 0 Å². The third-order valence-corrected chi connectivity index (χ3v) is 2.83. The van der Waals surface area contributed by atoms with Crippen LogP contribution in [0.3, 0.4) is 0 Å². The quantitative estimate of drug-likeness (QED) is 0.673. The van der Waals surface area contributed by atoms with Crippen molar-refractivity contribution in [3.8, 4) is 0 Å². The summed E-state index contributed by atoms with van der Waals surface area (Å²) in [6.07, 6.45) is -0.780. The van der Waals surface area contributed by atoms with Crippen molar-refractivity contribution in [2.24, 2.45) is 0 Å². The van der Waals surface area contributed by atoms with Crippen molar-refractivity contribution >= 4 is 5.91 Å². The van der Waals surface area contributed by atoms with E-state index in [2.05, 4.69) is 0 Å². The topological polar surface area (TPSA) is 40.5 Å². The van der Waals surface area contributed by atoms with Gasteiger partial charge in [-0.3, -0.25) is 4.79 Å². The summed E-state index contributed by atoms with van der Waals surface area (Å²) >= 11 is 0. The van der Waals surface area contributed by atoms with Crippen molar-refractivity contribution in [2.75, 3.05) is 7.05 Å². The fraction of sp³-hybridized carbons (Fsp3) is 0.364. The molecule has 0 saturated carbocycles. The van der Waals surface area contributed by atoms with Crippen molar-refractivity contribution < 1.29 is 9.90 Å².